The lowest BCUT2D eigenvalue weighted by Crippen LogP contribution is -2.52. The first-order valence-corrected chi connectivity index (χ1v) is 11.3. The molecule has 8 nitrogen and oxygen atoms in total. The summed E-state index contributed by atoms with van der Waals surface area (Å²) in [6.45, 7) is 5.80. The van der Waals surface area contributed by atoms with Crippen LogP contribution in [0.5, 0.6) is 0 Å². The molecule has 3 saturated heterocycles. The average molecular weight is 427 g/mol. The van der Waals surface area contributed by atoms with Gasteiger partial charge in [-0.3, -0.25) is 19.7 Å². The van der Waals surface area contributed by atoms with Crippen LogP contribution in [-0.4, -0.2) is 61.5 Å². The van der Waals surface area contributed by atoms with Gasteiger partial charge in [-0.15, -0.1) is 0 Å². The molecule has 0 bridgehead atoms. The van der Waals surface area contributed by atoms with Crippen molar-refractivity contribution in [3.8, 4) is 0 Å². The van der Waals surface area contributed by atoms with Crippen LogP contribution in [0.2, 0.25) is 0 Å². The van der Waals surface area contributed by atoms with Crippen LogP contribution < -0.4 is 16.0 Å². The lowest BCUT2D eigenvalue weighted by atomic mass is 9.70. The van der Waals surface area contributed by atoms with Crippen LogP contribution in [0.1, 0.15) is 47.2 Å². The minimum absolute atomic E-state index is 0.120. The molecule has 3 atom stereocenters. The number of ether oxygens (including phenoxy) is 1. The first-order valence-electron chi connectivity index (χ1n) is 11.3. The van der Waals surface area contributed by atoms with Crippen molar-refractivity contribution in [3.05, 3.63) is 34.9 Å². The van der Waals surface area contributed by atoms with Crippen molar-refractivity contribution in [1.29, 1.82) is 0 Å². The van der Waals surface area contributed by atoms with Gasteiger partial charge in [0.2, 0.25) is 11.8 Å². The Labute approximate surface area is 182 Å². The minimum atomic E-state index is -0.575. The van der Waals surface area contributed by atoms with Gasteiger partial charge in [0, 0.05) is 43.6 Å². The molecule has 4 aliphatic rings. The molecule has 1 aromatic carbocycles. The van der Waals surface area contributed by atoms with Crippen LogP contribution in [0, 0.1) is 11.3 Å². The van der Waals surface area contributed by atoms with E-state index in [9.17, 15) is 14.4 Å². The van der Waals surface area contributed by atoms with E-state index in [1.165, 1.54) is 0 Å². The second kappa shape index (κ2) is 8.33. The maximum Gasteiger partial charge on any atom is 0.255 e. The predicted octanol–water partition coefficient (Wildman–Crippen LogP) is 0.553. The molecule has 4 heterocycles. The SMILES string of the molecule is O=C1CCC(N2Cc3c(CNCC4CNCCC45CCOC5)cccc3C2=O)C(=O)N1. The van der Waals surface area contributed by atoms with Crippen LogP contribution in [0.15, 0.2) is 18.2 Å². The second-order valence-corrected chi connectivity index (χ2v) is 9.29. The largest absolute Gasteiger partial charge is 0.381 e. The topological polar surface area (TPSA) is 99.8 Å². The van der Waals surface area contributed by atoms with Gasteiger partial charge in [-0.1, -0.05) is 12.1 Å². The number of imide groups is 1. The third-order valence-electron chi connectivity index (χ3n) is 7.58. The number of benzene rings is 1. The average Bonchev–Trinajstić information content (AvgIpc) is 3.36. The quantitative estimate of drug-likeness (QED) is 0.595. The van der Waals surface area contributed by atoms with Crippen molar-refractivity contribution < 1.29 is 19.1 Å². The van der Waals surface area contributed by atoms with Gasteiger partial charge in [0.25, 0.3) is 5.91 Å². The number of hydrogen-bond donors (Lipinski definition) is 3. The van der Waals surface area contributed by atoms with Crippen molar-refractivity contribution in [2.24, 2.45) is 11.3 Å². The molecule has 1 spiro atoms. The zero-order chi connectivity index (χ0) is 21.4. The van der Waals surface area contributed by atoms with Crippen molar-refractivity contribution in [3.63, 3.8) is 0 Å². The molecule has 3 unspecified atom stereocenters. The molecule has 3 fully saturated rings. The van der Waals surface area contributed by atoms with Crippen LogP contribution in [-0.2, 0) is 27.4 Å². The number of fused-ring (bicyclic) bond motifs is 1. The predicted molar refractivity (Wildman–Crippen MR) is 113 cm³/mol. The van der Waals surface area contributed by atoms with Crippen molar-refractivity contribution >= 4 is 17.7 Å². The van der Waals surface area contributed by atoms with Gasteiger partial charge in [0.15, 0.2) is 0 Å². The van der Waals surface area contributed by atoms with Crippen LogP contribution >= 0.6 is 0 Å². The van der Waals surface area contributed by atoms with Crippen molar-refractivity contribution in [2.45, 2.75) is 44.8 Å². The number of amides is 3. The Hall–Kier alpha value is -2.29. The van der Waals surface area contributed by atoms with Gasteiger partial charge in [0.05, 0.1) is 6.61 Å². The summed E-state index contributed by atoms with van der Waals surface area (Å²) in [5.41, 5.74) is 3.05. The fraction of sp³-hybridized carbons (Fsp3) is 0.609. The number of piperidine rings is 2. The van der Waals surface area contributed by atoms with Crippen molar-refractivity contribution in [1.82, 2.24) is 20.9 Å². The summed E-state index contributed by atoms with van der Waals surface area (Å²) < 4.78 is 5.74. The first kappa shape index (κ1) is 20.6. The van der Waals surface area contributed by atoms with E-state index in [1.807, 2.05) is 12.1 Å². The molecule has 0 radical (unpaired) electrons. The molecule has 0 saturated carbocycles. The molecule has 31 heavy (non-hydrogen) atoms. The molecule has 1 aromatic rings. The standard InChI is InChI=1S/C23H30N4O4/c28-20-5-4-19(21(29)26-20)27-13-18-15(2-1-3-17(18)22(27)30)10-25-12-16-11-24-8-6-23(16)7-9-31-14-23/h1-3,16,19,24-25H,4-14H2,(H,26,28,29). The Morgan fingerprint density at radius 1 is 1.23 bits per heavy atom. The van der Waals surface area contributed by atoms with E-state index < -0.39 is 6.04 Å². The van der Waals surface area contributed by atoms with E-state index in [4.69, 9.17) is 4.74 Å². The Morgan fingerprint density at radius 3 is 2.94 bits per heavy atom. The number of nitrogens with one attached hydrogen (secondary N) is 3. The van der Waals surface area contributed by atoms with Gasteiger partial charge in [0.1, 0.15) is 6.04 Å². The summed E-state index contributed by atoms with van der Waals surface area (Å²) in [5.74, 6) is -0.226. The molecule has 8 heteroatoms. The van der Waals surface area contributed by atoms with Gasteiger partial charge in [-0.2, -0.15) is 0 Å². The molecule has 0 aromatic heterocycles. The lowest BCUT2D eigenvalue weighted by molar-refractivity contribution is -0.136. The maximum atomic E-state index is 13.0. The summed E-state index contributed by atoms with van der Waals surface area (Å²) in [4.78, 5) is 38.4. The third-order valence-corrected chi connectivity index (χ3v) is 7.58. The number of carbonyl (C=O) groups is 3. The monoisotopic (exact) mass is 426 g/mol. The highest BCUT2D eigenvalue weighted by Gasteiger charge is 2.43. The molecule has 3 amide bonds. The molecule has 4 aliphatic heterocycles. The van der Waals surface area contributed by atoms with Gasteiger partial charge in [-0.05, 0) is 55.5 Å². The Bertz CT molecular complexity index is 896. The number of nitrogens with zero attached hydrogens (tertiary/aromatic N) is 1. The zero-order valence-electron chi connectivity index (χ0n) is 17.7. The molecular weight excluding hydrogens is 396 g/mol. The minimum Gasteiger partial charge on any atom is -0.381 e. The van der Waals surface area contributed by atoms with E-state index in [0.29, 0.717) is 31.0 Å². The van der Waals surface area contributed by atoms with Crippen molar-refractivity contribution in [2.75, 3.05) is 32.8 Å². The number of carbonyl (C=O) groups excluding carboxylic acids is 3. The Morgan fingerprint density at radius 2 is 2.13 bits per heavy atom. The molecule has 5 rings (SSSR count). The number of rotatable bonds is 5. The normalized spacial score (nSPS) is 30.7. The van der Waals surface area contributed by atoms with E-state index in [2.05, 4.69) is 22.0 Å². The van der Waals surface area contributed by atoms with E-state index >= 15 is 0 Å². The van der Waals surface area contributed by atoms with Gasteiger partial charge < -0.3 is 20.3 Å². The summed E-state index contributed by atoms with van der Waals surface area (Å²) in [7, 11) is 0. The smallest absolute Gasteiger partial charge is 0.255 e. The van der Waals surface area contributed by atoms with Crippen LogP contribution in [0.3, 0.4) is 0 Å². The Kier molecular flexibility index (Phi) is 5.54. The third kappa shape index (κ3) is 3.77. The zero-order valence-corrected chi connectivity index (χ0v) is 17.7. The highest BCUT2D eigenvalue weighted by molar-refractivity contribution is 6.05. The van der Waals surface area contributed by atoms with Crippen LogP contribution in [0.25, 0.3) is 0 Å². The summed E-state index contributed by atoms with van der Waals surface area (Å²) in [5, 5.41) is 9.51. The van der Waals surface area contributed by atoms with Gasteiger partial charge >= 0.3 is 0 Å². The van der Waals surface area contributed by atoms with E-state index in [-0.39, 0.29) is 29.6 Å². The van der Waals surface area contributed by atoms with Gasteiger partial charge in [-0.25, -0.2) is 0 Å². The van der Waals surface area contributed by atoms with E-state index in [1.54, 1.807) is 4.90 Å². The highest BCUT2D eigenvalue weighted by atomic mass is 16.5. The second-order valence-electron chi connectivity index (χ2n) is 9.29. The number of hydrogen-bond acceptors (Lipinski definition) is 6. The molecule has 3 N–H and O–H groups in total. The maximum absolute atomic E-state index is 13.0. The Balaban J connectivity index is 1.25. The summed E-state index contributed by atoms with van der Waals surface area (Å²) >= 11 is 0. The first-order chi connectivity index (χ1) is 15.1. The lowest BCUT2D eigenvalue weighted by Gasteiger charge is -2.41. The molecule has 0 aliphatic carbocycles. The summed E-state index contributed by atoms with van der Waals surface area (Å²) in [6, 6.07) is 5.23. The fourth-order valence-electron chi connectivity index (χ4n) is 5.66. The highest BCUT2D eigenvalue weighted by Crippen LogP contribution is 2.41. The molecular formula is C23H30N4O4. The summed E-state index contributed by atoms with van der Waals surface area (Å²) in [6.07, 6.45) is 2.95. The van der Waals surface area contributed by atoms with Crippen LogP contribution in [0.4, 0.5) is 0 Å². The fourth-order valence-corrected chi connectivity index (χ4v) is 5.66. The molecule has 166 valence electrons. The van der Waals surface area contributed by atoms with E-state index in [0.717, 1.165) is 56.8 Å².